The van der Waals surface area contributed by atoms with E-state index in [4.69, 9.17) is 19.4 Å². The number of anilines is 3. The molecule has 0 fully saturated rings. The maximum atomic E-state index is 10.8. The lowest BCUT2D eigenvalue weighted by molar-refractivity contribution is 0.477. The van der Waals surface area contributed by atoms with Crippen molar-refractivity contribution in [1.82, 2.24) is 15.0 Å². The maximum absolute atomic E-state index is 10.8. The Bertz CT molecular complexity index is 2080. The van der Waals surface area contributed by atoms with E-state index in [0.29, 0.717) is 28.2 Å². The first-order valence-electron chi connectivity index (χ1n) is 13.8. The largest absolute Gasteiger partial charge is 0.507 e. The lowest BCUT2D eigenvalue weighted by Gasteiger charge is -2.28. The fourth-order valence-corrected chi connectivity index (χ4v) is 5.75. The predicted molar refractivity (Wildman–Crippen MR) is 169 cm³/mol. The summed E-state index contributed by atoms with van der Waals surface area (Å²) in [6, 6.07) is 33.5. The van der Waals surface area contributed by atoms with Crippen molar-refractivity contribution in [3.05, 3.63) is 126 Å². The SMILES string of the molecule is Cc1cc(C)c(N(c2cccc(-c3nc(-c4ccccc4O)c4oc5ccccc5c4n3)c2)c2ccccn2)c(C)c1. The molecule has 6 heteroatoms. The molecule has 7 rings (SSSR count). The van der Waals surface area contributed by atoms with E-state index >= 15 is 0 Å². The molecule has 0 aliphatic rings. The van der Waals surface area contributed by atoms with E-state index in [0.717, 1.165) is 44.9 Å². The van der Waals surface area contributed by atoms with Gasteiger partial charge in [-0.15, -0.1) is 0 Å². The summed E-state index contributed by atoms with van der Waals surface area (Å²) in [7, 11) is 0. The van der Waals surface area contributed by atoms with Crippen LogP contribution in [0.5, 0.6) is 5.75 Å². The van der Waals surface area contributed by atoms with Crippen LogP contribution in [0.2, 0.25) is 0 Å². The average Bonchev–Trinajstić information content (AvgIpc) is 3.38. The first-order valence-corrected chi connectivity index (χ1v) is 13.8. The molecule has 0 atom stereocenters. The van der Waals surface area contributed by atoms with Gasteiger partial charge in [0.1, 0.15) is 28.4 Å². The van der Waals surface area contributed by atoms with Crippen molar-refractivity contribution in [2.75, 3.05) is 4.90 Å². The highest BCUT2D eigenvalue weighted by atomic mass is 16.3. The number of fused-ring (bicyclic) bond motifs is 3. The molecule has 0 amide bonds. The summed E-state index contributed by atoms with van der Waals surface area (Å²) in [6.45, 7) is 6.38. The highest BCUT2D eigenvalue weighted by Crippen LogP contribution is 2.41. The Kier molecular flexibility index (Phi) is 6.16. The van der Waals surface area contributed by atoms with E-state index in [2.05, 4.69) is 49.9 Å². The van der Waals surface area contributed by atoms with Gasteiger partial charge in [-0.25, -0.2) is 15.0 Å². The van der Waals surface area contributed by atoms with E-state index in [1.54, 1.807) is 12.1 Å². The smallest absolute Gasteiger partial charge is 0.180 e. The summed E-state index contributed by atoms with van der Waals surface area (Å²) in [6.07, 6.45) is 1.81. The molecular weight excluding hydrogens is 520 g/mol. The number of phenolic OH excluding ortho intramolecular Hbond substituents is 1. The molecule has 0 radical (unpaired) electrons. The van der Waals surface area contributed by atoms with Crippen molar-refractivity contribution in [2.24, 2.45) is 0 Å². The number of pyridine rings is 1. The van der Waals surface area contributed by atoms with Crippen molar-refractivity contribution in [2.45, 2.75) is 20.8 Å². The van der Waals surface area contributed by atoms with Crippen LogP contribution in [0.15, 0.2) is 114 Å². The molecule has 42 heavy (non-hydrogen) atoms. The van der Waals surface area contributed by atoms with Crippen molar-refractivity contribution < 1.29 is 9.52 Å². The summed E-state index contributed by atoms with van der Waals surface area (Å²) >= 11 is 0. The molecule has 0 unspecified atom stereocenters. The quantitative estimate of drug-likeness (QED) is 0.231. The van der Waals surface area contributed by atoms with Gasteiger partial charge in [-0.05, 0) is 80.4 Å². The van der Waals surface area contributed by atoms with E-state index < -0.39 is 0 Å². The minimum absolute atomic E-state index is 0.129. The zero-order valence-corrected chi connectivity index (χ0v) is 23.5. The van der Waals surface area contributed by atoms with Crippen LogP contribution in [0.4, 0.5) is 17.2 Å². The number of para-hydroxylation sites is 2. The number of benzene rings is 4. The zero-order valence-electron chi connectivity index (χ0n) is 23.5. The fourth-order valence-electron chi connectivity index (χ4n) is 5.75. The third-order valence-electron chi connectivity index (χ3n) is 7.48. The van der Waals surface area contributed by atoms with Crippen LogP contribution in [0, 0.1) is 20.8 Å². The third-order valence-corrected chi connectivity index (χ3v) is 7.48. The molecule has 6 nitrogen and oxygen atoms in total. The lowest BCUT2D eigenvalue weighted by Crippen LogP contribution is -2.14. The summed E-state index contributed by atoms with van der Waals surface area (Å²) in [4.78, 5) is 16.9. The molecule has 1 N–H and O–H groups in total. The average molecular weight is 549 g/mol. The van der Waals surface area contributed by atoms with Crippen molar-refractivity contribution >= 4 is 39.3 Å². The Morgan fingerprint density at radius 2 is 1.50 bits per heavy atom. The van der Waals surface area contributed by atoms with Crippen LogP contribution in [0.25, 0.3) is 44.7 Å². The van der Waals surface area contributed by atoms with Crippen LogP contribution < -0.4 is 4.90 Å². The second kappa shape index (κ2) is 10.2. The summed E-state index contributed by atoms with van der Waals surface area (Å²) in [5, 5.41) is 11.7. The van der Waals surface area contributed by atoms with Crippen LogP contribution >= 0.6 is 0 Å². The number of rotatable bonds is 5. The van der Waals surface area contributed by atoms with Crippen LogP contribution in [0.3, 0.4) is 0 Å². The lowest BCUT2D eigenvalue weighted by atomic mass is 10.0. The predicted octanol–water partition coefficient (Wildman–Crippen LogP) is 9.21. The van der Waals surface area contributed by atoms with Gasteiger partial charge >= 0.3 is 0 Å². The maximum Gasteiger partial charge on any atom is 0.180 e. The van der Waals surface area contributed by atoms with Gasteiger partial charge in [0.2, 0.25) is 0 Å². The van der Waals surface area contributed by atoms with E-state index in [-0.39, 0.29) is 5.75 Å². The van der Waals surface area contributed by atoms with E-state index in [9.17, 15) is 5.11 Å². The number of hydrogen-bond donors (Lipinski definition) is 1. The third kappa shape index (κ3) is 4.34. The molecule has 4 aromatic carbocycles. The Morgan fingerprint density at radius 1 is 0.738 bits per heavy atom. The molecule has 7 aromatic rings. The Morgan fingerprint density at radius 3 is 2.29 bits per heavy atom. The second-order valence-electron chi connectivity index (χ2n) is 10.5. The normalized spacial score (nSPS) is 11.3. The first kappa shape index (κ1) is 25.5. The van der Waals surface area contributed by atoms with Gasteiger partial charge in [0.05, 0.1) is 5.69 Å². The molecule has 3 aromatic heterocycles. The minimum Gasteiger partial charge on any atom is -0.507 e. The monoisotopic (exact) mass is 548 g/mol. The fraction of sp³-hybridized carbons (Fsp3) is 0.0833. The number of aromatic nitrogens is 3. The van der Waals surface area contributed by atoms with Gasteiger partial charge in [-0.3, -0.25) is 4.90 Å². The molecule has 0 saturated carbocycles. The van der Waals surface area contributed by atoms with Gasteiger partial charge in [0.25, 0.3) is 0 Å². The van der Waals surface area contributed by atoms with E-state index in [1.165, 1.54) is 5.56 Å². The van der Waals surface area contributed by atoms with Crippen molar-refractivity contribution in [1.29, 1.82) is 0 Å². The summed E-state index contributed by atoms with van der Waals surface area (Å²) < 4.78 is 6.24. The summed E-state index contributed by atoms with van der Waals surface area (Å²) in [5.41, 5.74) is 9.48. The number of furan rings is 1. The highest BCUT2D eigenvalue weighted by molar-refractivity contribution is 6.07. The minimum atomic E-state index is 0.129. The molecule has 0 saturated heterocycles. The molecular formula is C36H28N4O2. The second-order valence-corrected chi connectivity index (χ2v) is 10.5. The zero-order chi connectivity index (χ0) is 28.8. The van der Waals surface area contributed by atoms with E-state index in [1.807, 2.05) is 72.9 Å². The topological polar surface area (TPSA) is 75.3 Å². The molecule has 0 aliphatic carbocycles. The number of hydrogen-bond acceptors (Lipinski definition) is 6. The Balaban J connectivity index is 1.46. The van der Waals surface area contributed by atoms with Gasteiger partial charge in [0.15, 0.2) is 11.4 Å². The van der Waals surface area contributed by atoms with Gasteiger partial charge < -0.3 is 9.52 Å². The standard InChI is InChI=1S/C36H28N4O2/c1-22-19-23(2)34(24(3)20-22)40(31-17-8-9-18-37-31)26-12-10-11-25(21-26)36-38-32(27-13-4-6-15-29(27)41)35-33(39-36)28-14-5-7-16-30(28)42-35/h4-21,41H,1-3H3. The Hall–Kier alpha value is -5.49. The van der Waals surface area contributed by atoms with Crippen LogP contribution in [0.1, 0.15) is 16.7 Å². The van der Waals surface area contributed by atoms with Gasteiger partial charge in [0, 0.05) is 28.4 Å². The van der Waals surface area contributed by atoms with Crippen LogP contribution in [-0.2, 0) is 0 Å². The number of phenols is 1. The van der Waals surface area contributed by atoms with Crippen molar-refractivity contribution in [3.8, 4) is 28.4 Å². The number of nitrogens with zero attached hydrogens (tertiary/aromatic N) is 4. The van der Waals surface area contributed by atoms with Gasteiger partial charge in [-0.1, -0.05) is 60.2 Å². The first-order chi connectivity index (χ1) is 20.5. The molecule has 0 aliphatic heterocycles. The molecule has 0 bridgehead atoms. The summed E-state index contributed by atoms with van der Waals surface area (Å²) in [5.74, 6) is 1.48. The highest BCUT2D eigenvalue weighted by Gasteiger charge is 2.22. The molecule has 204 valence electrons. The molecule has 0 spiro atoms. The number of aromatic hydroxyl groups is 1. The Labute approximate surface area is 243 Å². The number of aryl methyl sites for hydroxylation is 3. The van der Waals surface area contributed by atoms with Gasteiger partial charge in [-0.2, -0.15) is 0 Å². The van der Waals surface area contributed by atoms with Crippen molar-refractivity contribution in [3.63, 3.8) is 0 Å². The van der Waals surface area contributed by atoms with Crippen LogP contribution in [-0.4, -0.2) is 20.1 Å². The molecule has 3 heterocycles.